The molecule has 0 radical (unpaired) electrons. The van der Waals surface area contributed by atoms with Crippen LogP contribution >= 0.6 is 0 Å². The van der Waals surface area contributed by atoms with Gasteiger partial charge < -0.3 is 31.9 Å². The molecule has 1 saturated heterocycles. The molecule has 0 unspecified atom stereocenters. The largest absolute Gasteiger partial charge is 0.354 e. The van der Waals surface area contributed by atoms with Gasteiger partial charge in [0.25, 0.3) is 17.7 Å². The summed E-state index contributed by atoms with van der Waals surface area (Å²) in [6, 6.07) is 39.6. The average Bonchev–Trinajstić information content (AvgIpc) is 3.73. The monoisotopic (exact) mass is 780 g/mol. The van der Waals surface area contributed by atoms with Gasteiger partial charge in [0.1, 0.15) is 5.70 Å². The first-order chi connectivity index (χ1) is 28.7. The summed E-state index contributed by atoms with van der Waals surface area (Å²) in [6.45, 7) is 1.92. The van der Waals surface area contributed by atoms with E-state index in [1.54, 1.807) is 97.3 Å². The summed E-state index contributed by atoms with van der Waals surface area (Å²) >= 11 is 0. The van der Waals surface area contributed by atoms with Crippen molar-refractivity contribution in [3.63, 3.8) is 0 Å². The Balaban J connectivity index is 0.981. The van der Waals surface area contributed by atoms with E-state index in [-0.39, 0.29) is 23.6 Å². The molecule has 2 aliphatic heterocycles. The fourth-order valence-electron chi connectivity index (χ4n) is 6.75. The van der Waals surface area contributed by atoms with Crippen LogP contribution in [0.3, 0.4) is 0 Å². The topological polar surface area (TPSA) is 174 Å². The van der Waals surface area contributed by atoms with Crippen LogP contribution < -0.4 is 36.8 Å². The minimum Gasteiger partial charge on any atom is -0.354 e. The van der Waals surface area contributed by atoms with Crippen molar-refractivity contribution < 1.29 is 24.0 Å². The second-order valence-corrected chi connectivity index (χ2v) is 13.7. The van der Waals surface area contributed by atoms with Gasteiger partial charge >= 0.3 is 12.1 Å². The number of carbonyl (C=O) groups excluding carboxylic acids is 5. The minimum absolute atomic E-state index is 0.118. The maximum absolute atomic E-state index is 13.7. The zero-order valence-electron chi connectivity index (χ0n) is 31.5. The number of anilines is 5. The molecule has 0 aliphatic carbocycles. The van der Waals surface area contributed by atoms with E-state index in [1.165, 1.54) is 0 Å². The van der Waals surface area contributed by atoms with Crippen molar-refractivity contribution in [2.45, 2.75) is 13.0 Å². The van der Waals surface area contributed by atoms with Crippen molar-refractivity contribution >= 4 is 75.6 Å². The smallest absolute Gasteiger partial charge is 0.333 e. The van der Waals surface area contributed by atoms with Crippen molar-refractivity contribution in [1.82, 2.24) is 15.6 Å². The maximum atomic E-state index is 13.7. The molecule has 0 spiro atoms. The van der Waals surface area contributed by atoms with E-state index in [9.17, 15) is 24.0 Å². The van der Waals surface area contributed by atoms with Crippen LogP contribution in [0.2, 0.25) is 0 Å². The molecule has 5 aromatic carbocycles. The normalized spacial score (nSPS) is 15.2. The van der Waals surface area contributed by atoms with Gasteiger partial charge in [-0.1, -0.05) is 72.8 Å². The Kier molecular flexibility index (Phi) is 10.5. The molecule has 1 atom stereocenters. The number of carbonyl (C=O) groups is 5. The lowest BCUT2D eigenvalue weighted by Crippen LogP contribution is -2.30. The summed E-state index contributed by atoms with van der Waals surface area (Å²) in [6.07, 6.45) is 4.74. The summed E-state index contributed by atoms with van der Waals surface area (Å²) in [7, 11) is 0. The van der Waals surface area contributed by atoms with Gasteiger partial charge in [-0.2, -0.15) is 0 Å². The number of benzene rings is 5. The van der Waals surface area contributed by atoms with E-state index in [0.717, 1.165) is 16.0 Å². The number of hydrogen-bond donors (Lipinski definition) is 6. The highest BCUT2D eigenvalue weighted by Gasteiger charge is 2.35. The second kappa shape index (κ2) is 16.4. The predicted molar refractivity (Wildman–Crippen MR) is 228 cm³/mol. The Morgan fingerprint density at radius 2 is 1.41 bits per heavy atom. The number of amides is 7. The zero-order valence-corrected chi connectivity index (χ0v) is 31.5. The lowest BCUT2D eigenvalue weighted by Gasteiger charge is -2.17. The Hall–Kier alpha value is -8.32. The fourth-order valence-corrected chi connectivity index (χ4v) is 6.75. The van der Waals surface area contributed by atoms with Gasteiger partial charge in [-0.3, -0.25) is 19.4 Å². The highest BCUT2D eigenvalue weighted by Crippen LogP contribution is 2.38. The lowest BCUT2D eigenvalue weighted by atomic mass is 9.98. The van der Waals surface area contributed by atoms with Crippen LogP contribution in [-0.2, 0) is 9.59 Å². The fraction of sp³-hybridized carbons (Fsp3) is 0.0435. The number of nitrogens with zero attached hydrogens (tertiary/aromatic N) is 2. The van der Waals surface area contributed by atoms with Crippen LogP contribution in [0, 0.1) is 0 Å². The van der Waals surface area contributed by atoms with E-state index < -0.39 is 18.0 Å². The zero-order chi connectivity index (χ0) is 40.9. The molecular formula is C46H36N8O5. The van der Waals surface area contributed by atoms with Crippen molar-refractivity contribution in [3.05, 3.63) is 185 Å². The van der Waals surface area contributed by atoms with E-state index in [4.69, 9.17) is 0 Å². The molecule has 6 N–H and O–H groups in total. The second-order valence-electron chi connectivity index (χ2n) is 13.7. The van der Waals surface area contributed by atoms with Crippen LogP contribution in [0.4, 0.5) is 38.0 Å². The number of pyridine rings is 1. The molecule has 3 heterocycles. The number of hydrogen-bond acceptors (Lipinski definition) is 7. The molecule has 7 amide bonds. The molecule has 6 aromatic rings. The van der Waals surface area contributed by atoms with Gasteiger partial charge in [0, 0.05) is 46.3 Å². The van der Waals surface area contributed by atoms with Crippen LogP contribution in [0.5, 0.6) is 0 Å². The summed E-state index contributed by atoms with van der Waals surface area (Å²) in [5, 5.41) is 17.6. The predicted octanol–water partition coefficient (Wildman–Crippen LogP) is 8.25. The maximum Gasteiger partial charge on any atom is 0.333 e. The number of urea groups is 2. The van der Waals surface area contributed by atoms with E-state index in [1.807, 2.05) is 67.6 Å². The third-order valence-electron chi connectivity index (χ3n) is 9.63. The molecule has 1 aromatic heterocycles. The minimum atomic E-state index is -0.595. The number of imide groups is 1. The van der Waals surface area contributed by atoms with Crippen LogP contribution in [0.25, 0.3) is 17.3 Å². The first kappa shape index (κ1) is 37.6. The third-order valence-corrected chi connectivity index (χ3v) is 9.63. The van der Waals surface area contributed by atoms with Crippen LogP contribution in [0.15, 0.2) is 158 Å². The number of nitrogens with one attached hydrogen (secondary N) is 6. The van der Waals surface area contributed by atoms with E-state index in [2.05, 4.69) is 36.9 Å². The summed E-state index contributed by atoms with van der Waals surface area (Å²) < 4.78 is 0. The lowest BCUT2D eigenvalue weighted by molar-refractivity contribution is -0.114. The summed E-state index contributed by atoms with van der Waals surface area (Å²) in [4.78, 5) is 71.0. The number of fused-ring (bicyclic) bond motifs is 1. The third kappa shape index (κ3) is 8.30. The van der Waals surface area contributed by atoms with Gasteiger partial charge in [0.15, 0.2) is 0 Å². The van der Waals surface area contributed by atoms with Crippen LogP contribution in [-0.4, -0.2) is 34.8 Å². The molecule has 1 fully saturated rings. The van der Waals surface area contributed by atoms with Crippen molar-refractivity contribution in [1.29, 1.82) is 0 Å². The van der Waals surface area contributed by atoms with Gasteiger partial charge in [-0.25, -0.2) is 14.5 Å². The summed E-state index contributed by atoms with van der Waals surface area (Å²) in [5.41, 5.74) is 6.66. The standard InChI is InChI=1S/C46H36N8O5/c1-28(30-11-4-2-5-12-30)48-42(55)32-17-22-38-37(25-32)40(43(56)52-38)41(31-13-6-3-7-14-31)49-34-15-8-16-35(26-34)51-45(58)50-33-18-20-36(21-19-33)54-44(57)39(53-46(54)59)24-29-10-9-23-47-27-29/h2-28,49H,1H3,(H,48,55)(H,52,56)(H,53,59)(H2,50,51,58)/t28-/m0/s1. The molecule has 0 bridgehead atoms. The SMILES string of the molecule is C[C@H](NC(=O)c1ccc2c(c1)C(=C(Nc1cccc(NC(=O)Nc3ccc(N4C(=O)NC(=Cc5cccnc5)C4=O)cc3)c1)c1ccccc1)C(=O)N2)c1ccccc1. The van der Waals surface area contributed by atoms with Crippen molar-refractivity contribution in [2.24, 2.45) is 0 Å². The molecule has 0 saturated carbocycles. The van der Waals surface area contributed by atoms with Gasteiger partial charge in [0.05, 0.1) is 23.0 Å². The average molecular weight is 781 g/mol. The Labute approximate surface area is 338 Å². The van der Waals surface area contributed by atoms with Gasteiger partial charge in [-0.05, 0) is 96.4 Å². The Morgan fingerprint density at radius 3 is 2.14 bits per heavy atom. The quantitative estimate of drug-likeness (QED) is 0.0600. The van der Waals surface area contributed by atoms with Gasteiger partial charge in [0.2, 0.25) is 0 Å². The highest BCUT2D eigenvalue weighted by molar-refractivity contribution is 6.37. The number of aromatic nitrogens is 1. The molecule has 59 heavy (non-hydrogen) atoms. The van der Waals surface area contributed by atoms with Gasteiger partial charge in [-0.15, -0.1) is 0 Å². The van der Waals surface area contributed by atoms with Crippen molar-refractivity contribution in [2.75, 3.05) is 26.2 Å². The molecule has 13 heteroatoms. The van der Waals surface area contributed by atoms with E-state index >= 15 is 0 Å². The molecule has 8 rings (SSSR count). The first-order valence-corrected chi connectivity index (χ1v) is 18.6. The van der Waals surface area contributed by atoms with Crippen molar-refractivity contribution in [3.8, 4) is 0 Å². The molecular weight excluding hydrogens is 745 g/mol. The highest BCUT2D eigenvalue weighted by atomic mass is 16.2. The Bertz CT molecular complexity index is 2670. The van der Waals surface area contributed by atoms with E-state index in [0.29, 0.717) is 56.4 Å². The number of rotatable bonds is 10. The molecule has 290 valence electrons. The van der Waals surface area contributed by atoms with Crippen LogP contribution in [0.1, 0.15) is 45.6 Å². The Morgan fingerprint density at radius 1 is 0.695 bits per heavy atom. The molecule has 2 aliphatic rings. The summed E-state index contributed by atoms with van der Waals surface area (Å²) in [5.74, 6) is -1.13. The molecule has 13 nitrogen and oxygen atoms in total. The first-order valence-electron chi connectivity index (χ1n) is 18.6.